The molecule has 0 amide bonds. The van der Waals surface area contributed by atoms with Crippen LogP contribution in [0.3, 0.4) is 0 Å². The van der Waals surface area contributed by atoms with Gasteiger partial charge in [-0.15, -0.1) is 0 Å². The molecule has 0 aliphatic carbocycles. The van der Waals surface area contributed by atoms with Gasteiger partial charge in [0.05, 0.1) is 4.90 Å². The first kappa shape index (κ1) is 23.9. The fraction of sp³-hybridized carbons (Fsp3) is 0.182. The predicted octanol–water partition coefficient (Wildman–Crippen LogP) is 4.60. The number of sulfonamides is 1. The minimum absolute atomic E-state index is 0.0297. The first-order chi connectivity index (χ1) is 15.0. The van der Waals surface area contributed by atoms with Crippen molar-refractivity contribution in [1.82, 2.24) is 9.71 Å². The van der Waals surface area contributed by atoms with Crippen LogP contribution in [0.4, 0.5) is 13.2 Å². The number of rotatable bonds is 8. The molecule has 0 aliphatic rings. The molecule has 0 fully saturated rings. The standard InChI is InChI=1S/C22H18ClF3N2O3S/c23-17-8-9-27-18(12-17)13-19(29)10-16-11-20(32(30,31)28-14-22(24,25)26)6-7-21(16)15-4-2-1-3-5-15/h1-9,11-12,28H,10,13-14H2. The Labute approximate surface area is 188 Å². The van der Waals surface area contributed by atoms with E-state index in [-0.39, 0.29) is 23.5 Å². The highest BCUT2D eigenvalue weighted by atomic mass is 35.5. The van der Waals surface area contributed by atoms with Crippen LogP contribution in [0, 0.1) is 0 Å². The zero-order chi connectivity index (χ0) is 23.4. The minimum atomic E-state index is -4.69. The number of carbonyl (C=O) groups is 1. The molecule has 0 spiro atoms. The van der Waals surface area contributed by atoms with Gasteiger partial charge in [-0.3, -0.25) is 9.78 Å². The first-order valence-electron chi connectivity index (χ1n) is 9.40. The van der Waals surface area contributed by atoms with Gasteiger partial charge in [0.1, 0.15) is 12.3 Å². The third-order valence-electron chi connectivity index (χ3n) is 4.48. The monoisotopic (exact) mass is 482 g/mol. The lowest BCUT2D eigenvalue weighted by Gasteiger charge is -2.14. The second kappa shape index (κ2) is 9.81. The predicted molar refractivity (Wildman–Crippen MR) is 115 cm³/mol. The van der Waals surface area contributed by atoms with Crippen LogP contribution < -0.4 is 4.72 Å². The molecule has 1 heterocycles. The number of hydrogen-bond acceptors (Lipinski definition) is 4. The molecule has 0 radical (unpaired) electrons. The van der Waals surface area contributed by atoms with E-state index in [9.17, 15) is 26.4 Å². The van der Waals surface area contributed by atoms with E-state index in [0.29, 0.717) is 21.8 Å². The first-order valence-corrected chi connectivity index (χ1v) is 11.3. The van der Waals surface area contributed by atoms with Crippen molar-refractivity contribution in [3.05, 3.63) is 83.1 Å². The summed E-state index contributed by atoms with van der Waals surface area (Å²) in [6.07, 6.45) is -3.39. The lowest BCUT2D eigenvalue weighted by Crippen LogP contribution is -2.33. The summed E-state index contributed by atoms with van der Waals surface area (Å²) in [4.78, 5) is 16.4. The van der Waals surface area contributed by atoms with Gasteiger partial charge in [-0.05, 0) is 41.0 Å². The quantitative estimate of drug-likeness (QED) is 0.509. The number of benzene rings is 2. The Kier molecular flexibility index (Phi) is 7.33. The summed E-state index contributed by atoms with van der Waals surface area (Å²) in [6, 6.07) is 16.0. The molecule has 3 rings (SSSR count). The fourth-order valence-electron chi connectivity index (χ4n) is 3.07. The maximum atomic E-state index is 12.7. The maximum absolute atomic E-state index is 12.7. The number of alkyl halides is 3. The fourth-order valence-corrected chi connectivity index (χ4v) is 4.31. The van der Waals surface area contributed by atoms with Crippen molar-refractivity contribution in [2.45, 2.75) is 23.9 Å². The van der Waals surface area contributed by atoms with Gasteiger partial charge >= 0.3 is 6.18 Å². The van der Waals surface area contributed by atoms with Gasteiger partial charge in [0.2, 0.25) is 10.0 Å². The number of nitrogens with zero attached hydrogens (tertiary/aromatic N) is 1. The molecule has 0 unspecified atom stereocenters. The van der Waals surface area contributed by atoms with Gasteiger partial charge in [-0.25, -0.2) is 13.1 Å². The van der Waals surface area contributed by atoms with Crippen molar-refractivity contribution in [3.8, 4) is 11.1 Å². The molecule has 1 aromatic heterocycles. The summed E-state index contributed by atoms with van der Waals surface area (Å²) < 4.78 is 63.7. The Morgan fingerprint density at radius 3 is 2.38 bits per heavy atom. The largest absolute Gasteiger partial charge is 0.402 e. The molecule has 168 valence electrons. The Morgan fingerprint density at radius 2 is 1.72 bits per heavy atom. The van der Waals surface area contributed by atoms with E-state index in [2.05, 4.69) is 4.98 Å². The molecular weight excluding hydrogens is 465 g/mol. The van der Waals surface area contributed by atoms with Crippen LogP contribution in [-0.4, -0.2) is 31.9 Å². The van der Waals surface area contributed by atoms with Crippen LogP contribution >= 0.6 is 11.6 Å². The molecule has 10 heteroatoms. The van der Waals surface area contributed by atoms with Crippen LogP contribution in [-0.2, 0) is 27.7 Å². The van der Waals surface area contributed by atoms with Crippen molar-refractivity contribution in [2.75, 3.05) is 6.54 Å². The van der Waals surface area contributed by atoms with Crippen molar-refractivity contribution in [3.63, 3.8) is 0 Å². The summed E-state index contributed by atoms with van der Waals surface area (Å²) in [6.45, 7) is -1.69. The molecule has 0 atom stereocenters. The normalized spacial score (nSPS) is 12.0. The number of halogens is 4. The average Bonchev–Trinajstić information content (AvgIpc) is 2.72. The van der Waals surface area contributed by atoms with Gasteiger partial charge in [0.25, 0.3) is 0 Å². The zero-order valence-corrected chi connectivity index (χ0v) is 18.1. The second-order valence-corrected chi connectivity index (χ2v) is 9.19. The number of ketones is 1. The number of aromatic nitrogens is 1. The molecule has 0 bridgehead atoms. The molecule has 3 aromatic rings. The van der Waals surface area contributed by atoms with Gasteiger partial charge in [0.15, 0.2) is 0 Å². The van der Waals surface area contributed by atoms with Gasteiger partial charge in [0, 0.05) is 29.8 Å². The molecule has 2 aromatic carbocycles. The number of hydrogen-bond donors (Lipinski definition) is 1. The number of nitrogens with one attached hydrogen (secondary N) is 1. The third kappa shape index (κ3) is 6.62. The lowest BCUT2D eigenvalue weighted by molar-refractivity contribution is -0.121. The molecule has 1 N–H and O–H groups in total. The van der Waals surface area contributed by atoms with E-state index in [1.165, 1.54) is 29.1 Å². The van der Waals surface area contributed by atoms with E-state index in [1.54, 1.807) is 42.5 Å². The topological polar surface area (TPSA) is 76.1 Å². The van der Waals surface area contributed by atoms with E-state index in [1.807, 2.05) is 0 Å². The molecular formula is C22H18ClF3N2O3S. The molecule has 0 saturated carbocycles. The molecule has 32 heavy (non-hydrogen) atoms. The van der Waals surface area contributed by atoms with Crippen LogP contribution in [0.15, 0.2) is 71.8 Å². The van der Waals surface area contributed by atoms with Gasteiger partial charge in [-0.2, -0.15) is 13.2 Å². The maximum Gasteiger partial charge on any atom is 0.402 e. The van der Waals surface area contributed by atoms with Gasteiger partial charge in [-0.1, -0.05) is 48.0 Å². The van der Waals surface area contributed by atoms with E-state index >= 15 is 0 Å². The summed E-state index contributed by atoms with van der Waals surface area (Å²) in [5.74, 6) is -0.255. The van der Waals surface area contributed by atoms with Crippen molar-refractivity contribution in [1.29, 1.82) is 0 Å². The van der Waals surface area contributed by atoms with E-state index in [0.717, 1.165) is 5.56 Å². The Morgan fingerprint density at radius 1 is 1.00 bits per heavy atom. The molecule has 0 saturated heterocycles. The van der Waals surface area contributed by atoms with E-state index < -0.39 is 22.7 Å². The highest BCUT2D eigenvalue weighted by Crippen LogP contribution is 2.27. The van der Waals surface area contributed by atoms with Crippen LogP contribution in [0.1, 0.15) is 11.3 Å². The van der Waals surface area contributed by atoms with E-state index in [4.69, 9.17) is 11.6 Å². The SMILES string of the molecule is O=C(Cc1cc(Cl)ccn1)Cc1cc(S(=O)(=O)NCC(F)(F)F)ccc1-c1ccccc1. The minimum Gasteiger partial charge on any atom is -0.299 e. The Bertz CT molecular complexity index is 1220. The van der Waals surface area contributed by atoms with Crippen LogP contribution in [0.2, 0.25) is 5.02 Å². The Hall–Kier alpha value is -2.75. The zero-order valence-electron chi connectivity index (χ0n) is 16.6. The van der Waals surface area contributed by atoms with Crippen LogP contribution in [0.25, 0.3) is 11.1 Å². The molecule has 5 nitrogen and oxygen atoms in total. The lowest BCUT2D eigenvalue weighted by atomic mass is 9.95. The summed E-state index contributed by atoms with van der Waals surface area (Å²) in [5.41, 5.74) is 2.17. The highest BCUT2D eigenvalue weighted by molar-refractivity contribution is 7.89. The third-order valence-corrected chi connectivity index (χ3v) is 6.11. The second-order valence-electron chi connectivity index (χ2n) is 6.98. The van der Waals surface area contributed by atoms with Crippen molar-refractivity contribution < 1.29 is 26.4 Å². The summed E-state index contributed by atoms with van der Waals surface area (Å²) in [7, 11) is -4.43. The highest BCUT2D eigenvalue weighted by Gasteiger charge is 2.30. The summed E-state index contributed by atoms with van der Waals surface area (Å²) >= 11 is 5.92. The van der Waals surface area contributed by atoms with Crippen molar-refractivity contribution in [2.24, 2.45) is 0 Å². The van der Waals surface area contributed by atoms with Crippen molar-refractivity contribution >= 4 is 27.4 Å². The number of pyridine rings is 1. The smallest absolute Gasteiger partial charge is 0.299 e. The van der Waals surface area contributed by atoms with Crippen LogP contribution in [0.5, 0.6) is 0 Å². The number of Topliss-reactive ketones (excluding diaryl/α,β-unsaturated/α-hetero) is 1. The Balaban J connectivity index is 1.93. The average molecular weight is 483 g/mol. The molecule has 0 aliphatic heterocycles. The number of carbonyl (C=O) groups excluding carboxylic acids is 1. The van der Waals surface area contributed by atoms with Gasteiger partial charge < -0.3 is 0 Å². The summed E-state index contributed by atoms with van der Waals surface area (Å²) in [5, 5.41) is 0.427.